The van der Waals surface area contributed by atoms with Crippen LogP contribution in [0.15, 0.2) is 12.1 Å². The van der Waals surface area contributed by atoms with Crippen LogP contribution < -0.4 is 0 Å². The monoisotopic (exact) mass is 346 g/mol. The minimum atomic E-state index is -0.149. The van der Waals surface area contributed by atoms with Crippen molar-refractivity contribution in [3.63, 3.8) is 0 Å². The van der Waals surface area contributed by atoms with Crippen LogP contribution in [0.4, 0.5) is 0 Å². The molecule has 21 heavy (non-hydrogen) atoms. The van der Waals surface area contributed by atoms with E-state index in [1.54, 1.807) is 0 Å². The van der Waals surface area contributed by atoms with Crippen LogP contribution in [-0.2, 0) is 0 Å². The Kier molecular flexibility index (Phi) is 5.81. The smallest absolute Gasteiger partial charge is 0.127 e. The first-order chi connectivity index (χ1) is 9.95. The molecule has 1 aromatic heterocycles. The highest BCUT2D eigenvalue weighted by Crippen LogP contribution is 2.34. The van der Waals surface area contributed by atoms with Crippen LogP contribution in [0, 0.1) is 0 Å². The Morgan fingerprint density at radius 3 is 2.43 bits per heavy atom. The number of alkyl halides is 1. The third-order valence-corrected chi connectivity index (χ3v) is 4.70. The zero-order valence-electron chi connectivity index (χ0n) is 12.7. The summed E-state index contributed by atoms with van der Waals surface area (Å²) in [4.78, 5) is 4.65. The van der Waals surface area contributed by atoms with Gasteiger partial charge in [0.25, 0.3) is 0 Å². The van der Waals surface area contributed by atoms with Crippen molar-refractivity contribution < 1.29 is 0 Å². The predicted octanol–water partition coefficient (Wildman–Crippen LogP) is 6.78. The maximum atomic E-state index is 6.32. The van der Waals surface area contributed by atoms with Crippen LogP contribution >= 0.6 is 34.8 Å². The predicted molar refractivity (Wildman–Crippen MR) is 92.9 cm³/mol. The second-order valence-corrected chi connectivity index (χ2v) is 7.02. The Bertz CT molecular complexity index is 619. The summed E-state index contributed by atoms with van der Waals surface area (Å²) >= 11 is 18.6. The van der Waals surface area contributed by atoms with Crippen molar-refractivity contribution in [2.45, 2.75) is 57.9 Å². The number of fused-ring (bicyclic) bond motifs is 1. The molecule has 2 atom stereocenters. The van der Waals surface area contributed by atoms with Gasteiger partial charge < -0.3 is 4.57 Å². The maximum Gasteiger partial charge on any atom is 0.127 e. The van der Waals surface area contributed by atoms with Gasteiger partial charge >= 0.3 is 0 Å². The summed E-state index contributed by atoms with van der Waals surface area (Å²) in [7, 11) is 0. The number of unbranched alkanes of at least 4 members (excludes halogenated alkanes) is 2. The number of rotatable bonds is 6. The Morgan fingerprint density at radius 1 is 1.14 bits per heavy atom. The zero-order chi connectivity index (χ0) is 15.6. The van der Waals surface area contributed by atoms with Gasteiger partial charge in [0.1, 0.15) is 5.82 Å². The molecule has 0 fully saturated rings. The lowest BCUT2D eigenvalue weighted by molar-refractivity contribution is 0.472. The molecule has 0 bridgehead atoms. The molecule has 0 amide bonds. The van der Waals surface area contributed by atoms with Gasteiger partial charge in [-0.05, 0) is 32.4 Å². The first-order valence-corrected chi connectivity index (χ1v) is 8.65. The van der Waals surface area contributed by atoms with Crippen LogP contribution in [0.5, 0.6) is 0 Å². The molecular weight excluding hydrogens is 327 g/mol. The number of imidazole rings is 1. The molecule has 0 N–H and O–H groups in total. The number of benzene rings is 1. The molecule has 0 saturated heterocycles. The fraction of sp³-hybridized carbons (Fsp3) is 0.562. The summed E-state index contributed by atoms with van der Waals surface area (Å²) in [5.41, 5.74) is 1.87. The molecule has 0 aliphatic carbocycles. The van der Waals surface area contributed by atoms with Gasteiger partial charge in [-0.1, -0.05) is 49.4 Å². The van der Waals surface area contributed by atoms with Crippen molar-refractivity contribution in [3.05, 3.63) is 28.0 Å². The fourth-order valence-corrected chi connectivity index (χ4v) is 3.14. The number of hydrogen-bond acceptors (Lipinski definition) is 1. The lowest BCUT2D eigenvalue weighted by atomic mass is 10.1. The maximum absolute atomic E-state index is 6.32. The first-order valence-electron chi connectivity index (χ1n) is 7.46. The second kappa shape index (κ2) is 7.21. The lowest BCUT2D eigenvalue weighted by Crippen LogP contribution is -2.10. The van der Waals surface area contributed by atoms with Gasteiger partial charge in [-0.25, -0.2) is 4.98 Å². The van der Waals surface area contributed by atoms with Gasteiger partial charge in [0, 0.05) is 6.04 Å². The van der Waals surface area contributed by atoms with E-state index >= 15 is 0 Å². The van der Waals surface area contributed by atoms with Gasteiger partial charge in [-0.3, -0.25) is 0 Å². The molecule has 5 heteroatoms. The average Bonchev–Trinajstić information content (AvgIpc) is 2.78. The molecule has 2 rings (SSSR count). The van der Waals surface area contributed by atoms with E-state index < -0.39 is 0 Å². The minimum absolute atomic E-state index is 0.149. The molecule has 0 spiro atoms. The van der Waals surface area contributed by atoms with E-state index in [-0.39, 0.29) is 5.38 Å². The molecule has 2 nitrogen and oxygen atoms in total. The van der Waals surface area contributed by atoms with Crippen molar-refractivity contribution in [3.8, 4) is 0 Å². The van der Waals surface area contributed by atoms with Crippen molar-refractivity contribution in [1.82, 2.24) is 9.55 Å². The largest absolute Gasteiger partial charge is 0.324 e. The van der Waals surface area contributed by atoms with Crippen molar-refractivity contribution in [1.29, 1.82) is 0 Å². The molecule has 1 heterocycles. The molecule has 0 aliphatic rings. The third-order valence-electron chi connectivity index (χ3n) is 3.78. The number of halogens is 3. The normalized spacial score (nSPS) is 14.6. The summed E-state index contributed by atoms with van der Waals surface area (Å²) in [5, 5.41) is 0.935. The van der Waals surface area contributed by atoms with E-state index in [1.807, 2.05) is 19.1 Å². The number of hydrogen-bond donors (Lipinski definition) is 0. The van der Waals surface area contributed by atoms with Crippen molar-refractivity contribution in [2.75, 3.05) is 0 Å². The van der Waals surface area contributed by atoms with E-state index in [9.17, 15) is 0 Å². The summed E-state index contributed by atoms with van der Waals surface area (Å²) < 4.78 is 2.21. The fourth-order valence-electron chi connectivity index (χ4n) is 2.67. The van der Waals surface area contributed by atoms with Crippen molar-refractivity contribution >= 4 is 45.8 Å². The average molecular weight is 348 g/mol. The lowest BCUT2D eigenvalue weighted by Gasteiger charge is -2.18. The molecule has 2 aromatic rings. The molecule has 116 valence electrons. The van der Waals surface area contributed by atoms with E-state index in [0.29, 0.717) is 16.1 Å². The third kappa shape index (κ3) is 3.67. The SMILES string of the molecule is CCCCCC(C)n1c(C(C)Cl)nc2cc(Cl)c(Cl)cc21. The van der Waals surface area contributed by atoms with Crippen molar-refractivity contribution in [2.24, 2.45) is 0 Å². The summed E-state index contributed by atoms with van der Waals surface area (Å²) in [6.07, 6.45) is 4.78. The van der Waals surface area contributed by atoms with Crippen LogP contribution in [0.1, 0.15) is 63.7 Å². The molecule has 1 aromatic carbocycles. The molecule has 0 aliphatic heterocycles. The molecule has 0 radical (unpaired) electrons. The van der Waals surface area contributed by atoms with Gasteiger partial charge in [0.2, 0.25) is 0 Å². The van der Waals surface area contributed by atoms with Gasteiger partial charge in [-0.15, -0.1) is 11.6 Å². The van der Waals surface area contributed by atoms with Crippen LogP contribution in [0.2, 0.25) is 10.0 Å². The minimum Gasteiger partial charge on any atom is -0.324 e. The summed E-state index contributed by atoms with van der Waals surface area (Å²) in [6.45, 7) is 6.37. The zero-order valence-corrected chi connectivity index (χ0v) is 14.9. The highest BCUT2D eigenvalue weighted by Gasteiger charge is 2.20. The van der Waals surface area contributed by atoms with Crippen LogP contribution in [0.25, 0.3) is 11.0 Å². The van der Waals surface area contributed by atoms with Crippen LogP contribution in [-0.4, -0.2) is 9.55 Å². The highest BCUT2D eigenvalue weighted by molar-refractivity contribution is 6.42. The van der Waals surface area contributed by atoms with E-state index in [1.165, 1.54) is 19.3 Å². The number of nitrogens with zero attached hydrogens (tertiary/aromatic N) is 2. The Labute approximate surface area is 141 Å². The van der Waals surface area contributed by atoms with Gasteiger partial charge in [0.15, 0.2) is 0 Å². The van der Waals surface area contributed by atoms with E-state index in [2.05, 4.69) is 23.4 Å². The Balaban J connectivity index is 2.47. The van der Waals surface area contributed by atoms with E-state index in [0.717, 1.165) is 23.3 Å². The Morgan fingerprint density at radius 2 is 1.81 bits per heavy atom. The highest BCUT2D eigenvalue weighted by atomic mass is 35.5. The van der Waals surface area contributed by atoms with Gasteiger partial charge in [-0.2, -0.15) is 0 Å². The topological polar surface area (TPSA) is 17.8 Å². The quantitative estimate of drug-likeness (QED) is 0.416. The summed E-state index contributed by atoms with van der Waals surface area (Å²) in [5.74, 6) is 0.883. The Hall–Kier alpha value is -0.440. The summed E-state index contributed by atoms with van der Waals surface area (Å²) in [6, 6.07) is 4.05. The standard InChI is InChI=1S/C16H21Cl3N2/c1-4-5-6-7-10(2)21-15-9-13(19)12(18)8-14(15)20-16(21)11(3)17/h8-11H,4-7H2,1-3H3. The molecule has 2 unspecified atom stereocenters. The van der Waals surface area contributed by atoms with Gasteiger partial charge in [0.05, 0.1) is 26.5 Å². The second-order valence-electron chi connectivity index (χ2n) is 5.56. The number of aromatic nitrogens is 2. The van der Waals surface area contributed by atoms with E-state index in [4.69, 9.17) is 34.8 Å². The first kappa shape index (κ1) is 16.9. The van der Waals surface area contributed by atoms with Crippen LogP contribution in [0.3, 0.4) is 0 Å². The molecular formula is C16H21Cl3N2. The molecule has 0 saturated carbocycles.